The Bertz CT molecular complexity index is 551. The maximum atomic E-state index is 6.09. The van der Waals surface area contributed by atoms with Gasteiger partial charge in [-0.3, -0.25) is 0 Å². The van der Waals surface area contributed by atoms with Crippen LogP contribution in [0.2, 0.25) is 10.0 Å². The summed E-state index contributed by atoms with van der Waals surface area (Å²) in [7, 11) is 0. The first-order chi connectivity index (χ1) is 9.11. The zero-order valence-electron chi connectivity index (χ0n) is 10.8. The van der Waals surface area contributed by atoms with Crippen LogP contribution in [0.15, 0.2) is 24.4 Å². The van der Waals surface area contributed by atoms with E-state index in [4.69, 9.17) is 28.9 Å². The van der Waals surface area contributed by atoms with Gasteiger partial charge in [-0.25, -0.2) is 4.98 Å². The van der Waals surface area contributed by atoms with Crippen LogP contribution in [0, 0.1) is 0 Å². The number of imidazole rings is 1. The van der Waals surface area contributed by atoms with Crippen LogP contribution in [0.1, 0.15) is 38.1 Å². The van der Waals surface area contributed by atoms with Gasteiger partial charge in [-0.2, -0.15) is 0 Å². The van der Waals surface area contributed by atoms with E-state index in [0.717, 1.165) is 36.3 Å². The summed E-state index contributed by atoms with van der Waals surface area (Å²) in [5.41, 5.74) is 7.94. The summed E-state index contributed by atoms with van der Waals surface area (Å²) in [5.74, 6) is 0.814. The third kappa shape index (κ3) is 3.50. The summed E-state index contributed by atoms with van der Waals surface area (Å²) in [6.07, 6.45) is 4.95. The fraction of sp³-hybridized carbons (Fsp3) is 0.357. The molecule has 1 aromatic heterocycles. The van der Waals surface area contributed by atoms with Gasteiger partial charge in [0.2, 0.25) is 0 Å². The highest BCUT2D eigenvalue weighted by Gasteiger charge is 2.11. The Kier molecular flexibility index (Phi) is 4.86. The molecule has 1 heterocycles. The summed E-state index contributed by atoms with van der Waals surface area (Å²) in [5, 5.41) is 1.08. The zero-order chi connectivity index (χ0) is 13.8. The van der Waals surface area contributed by atoms with Crippen LogP contribution in [0.4, 0.5) is 0 Å². The van der Waals surface area contributed by atoms with E-state index >= 15 is 0 Å². The van der Waals surface area contributed by atoms with Gasteiger partial charge in [0.15, 0.2) is 0 Å². The molecule has 0 radical (unpaired) electrons. The van der Waals surface area contributed by atoms with Crippen molar-refractivity contribution in [1.82, 2.24) is 9.97 Å². The SMILES string of the molecule is CCCCC(N)c1ncc(-c2ccc(Cl)c(Cl)c2)[nH]1. The number of nitrogens with one attached hydrogen (secondary N) is 1. The second-order valence-corrected chi connectivity index (χ2v) is 5.37. The van der Waals surface area contributed by atoms with Crippen molar-refractivity contribution in [2.45, 2.75) is 32.2 Å². The average molecular weight is 298 g/mol. The smallest absolute Gasteiger partial charge is 0.123 e. The fourth-order valence-corrected chi connectivity index (χ4v) is 2.19. The second kappa shape index (κ2) is 6.42. The summed E-state index contributed by atoms with van der Waals surface area (Å²) >= 11 is 11.9. The minimum atomic E-state index is -0.0449. The lowest BCUT2D eigenvalue weighted by atomic mass is 10.1. The first-order valence-corrected chi connectivity index (χ1v) is 7.13. The van der Waals surface area contributed by atoms with Gasteiger partial charge < -0.3 is 10.7 Å². The van der Waals surface area contributed by atoms with E-state index in [2.05, 4.69) is 16.9 Å². The topological polar surface area (TPSA) is 54.7 Å². The standard InChI is InChI=1S/C14H17Cl2N3/c1-2-3-4-12(17)14-18-8-13(19-14)9-5-6-10(15)11(16)7-9/h5-8,12H,2-4,17H2,1H3,(H,18,19). The average Bonchev–Trinajstić information content (AvgIpc) is 2.89. The molecular formula is C14H17Cl2N3. The number of hydrogen-bond acceptors (Lipinski definition) is 2. The lowest BCUT2D eigenvalue weighted by Gasteiger charge is -2.07. The largest absolute Gasteiger partial charge is 0.341 e. The van der Waals surface area contributed by atoms with Crippen molar-refractivity contribution in [3.63, 3.8) is 0 Å². The molecule has 0 spiro atoms. The number of nitrogens with zero attached hydrogens (tertiary/aromatic N) is 1. The number of unbranched alkanes of at least 4 members (excludes halogenated alkanes) is 1. The second-order valence-electron chi connectivity index (χ2n) is 4.56. The Labute approximate surface area is 123 Å². The van der Waals surface area contributed by atoms with Crippen molar-refractivity contribution < 1.29 is 0 Å². The molecule has 0 saturated heterocycles. The molecule has 0 aliphatic rings. The highest BCUT2D eigenvalue weighted by atomic mass is 35.5. The molecule has 0 saturated carbocycles. The zero-order valence-corrected chi connectivity index (χ0v) is 12.3. The Morgan fingerprint density at radius 1 is 1.32 bits per heavy atom. The lowest BCUT2D eigenvalue weighted by Crippen LogP contribution is -2.11. The van der Waals surface area contributed by atoms with Crippen LogP contribution in [0.5, 0.6) is 0 Å². The third-order valence-corrected chi connectivity index (χ3v) is 3.79. The van der Waals surface area contributed by atoms with Crippen LogP contribution in [-0.2, 0) is 0 Å². The van der Waals surface area contributed by atoms with Crippen molar-refractivity contribution >= 4 is 23.2 Å². The minimum Gasteiger partial charge on any atom is -0.341 e. The van der Waals surface area contributed by atoms with Gasteiger partial charge in [-0.05, 0) is 18.6 Å². The first-order valence-electron chi connectivity index (χ1n) is 6.37. The Balaban J connectivity index is 2.18. The maximum Gasteiger partial charge on any atom is 0.123 e. The number of H-pyrrole nitrogens is 1. The number of hydrogen-bond donors (Lipinski definition) is 2. The Hall–Kier alpha value is -1.03. The molecule has 0 fully saturated rings. The number of halogens is 2. The van der Waals surface area contributed by atoms with Gasteiger partial charge in [0.1, 0.15) is 5.82 Å². The van der Waals surface area contributed by atoms with E-state index in [9.17, 15) is 0 Å². The van der Waals surface area contributed by atoms with Gasteiger partial charge in [0, 0.05) is 5.56 Å². The molecule has 0 aliphatic carbocycles. The number of nitrogens with two attached hydrogens (primary N) is 1. The summed E-state index contributed by atoms with van der Waals surface area (Å²) < 4.78 is 0. The molecule has 0 amide bonds. The van der Waals surface area contributed by atoms with Gasteiger partial charge in [-0.1, -0.05) is 49.0 Å². The molecule has 3 nitrogen and oxygen atoms in total. The van der Waals surface area contributed by atoms with E-state index < -0.39 is 0 Å². The van der Waals surface area contributed by atoms with Crippen molar-refractivity contribution in [2.75, 3.05) is 0 Å². The van der Waals surface area contributed by atoms with Crippen molar-refractivity contribution in [3.05, 3.63) is 40.3 Å². The molecular weight excluding hydrogens is 281 g/mol. The molecule has 2 aromatic rings. The third-order valence-electron chi connectivity index (χ3n) is 3.05. The van der Waals surface area contributed by atoms with E-state index in [1.165, 1.54) is 0 Å². The Morgan fingerprint density at radius 3 is 2.79 bits per heavy atom. The van der Waals surface area contributed by atoms with Crippen LogP contribution in [0.3, 0.4) is 0 Å². The van der Waals surface area contributed by atoms with Gasteiger partial charge in [0.05, 0.1) is 28.0 Å². The van der Waals surface area contributed by atoms with Crippen molar-refractivity contribution in [1.29, 1.82) is 0 Å². The number of aromatic nitrogens is 2. The van der Waals surface area contributed by atoms with Crippen molar-refractivity contribution in [3.8, 4) is 11.3 Å². The van der Waals surface area contributed by atoms with E-state index in [1.54, 1.807) is 12.3 Å². The van der Waals surface area contributed by atoms with E-state index in [-0.39, 0.29) is 6.04 Å². The van der Waals surface area contributed by atoms with Crippen LogP contribution in [0.25, 0.3) is 11.3 Å². The lowest BCUT2D eigenvalue weighted by molar-refractivity contribution is 0.580. The van der Waals surface area contributed by atoms with E-state index in [0.29, 0.717) is 10.0 Å². The Morgan fingerprint density at radius 2 is 2.11 bits per heavy atom. The molecule has 19 heavy (non-hydrogen) atoms. The molecule has 1 atom stereocenters. The number of rotatable bonds is 5. The van der Waals surface area contributed by atoms with Gasteiger partial charge in [0.25, 0.3) is 0 Å². The highest BCUT2D eigenvalue weighted by Crippen LogP contribution is 2.28. The predicted molar refractivity (Wildman–Crippen MR) is 80.5 cm³/mol. The summed E-state index contributed by atoms with van der Waals surface area (Å²) in [6.45, 7) is 2.15. The number of aromatic amines is 1. The monoisotopic (exact) mass is 297 g/mol. The quantitative estimate of drug-likeness (QED) is 0.849. The van der Waals surface area contributed by atoms with Crippen LogP contribution < -0.4 is 5.73 Å². The van der Waals surface area contributed by atoms with Gasteiger partial charge >= 0.3 is 0 Å². The fourth-order valence-electron chi connectivity index (χ4n) is 1.90. The summed E-state index contributed by atoms with van der Waals surface area (Å²) in [6, 6.07) is 5.45. The van der Waals surface area contributed by atoms with E-state index in [1.807, 2.05) is 12.1 Å². The summed E-state index contributed by atoms with van der Waals surface area (Å²) in [4.78, 5) is 7.59. The minimum absolute atomic E-state index is 0.0449. The molecule has 5 heteroatoms. The maximum absolute atomic E-state index is 6.09. The predicted octanol–water partition coefficient (Wildman–Crippen LogP) is 4.57. The molecule has 1 aromatic carbocycles. The normalized spacial score (nSPS) is 12.6. The molecule has 2 rings (SSSR count). The molecule has 1 unspecified atom stereocenters. The number of benzene rings is 1. The van der Waals surface area contributed by atoms with Crippen LogP contribution in [-0.4, -0.2) is 9.97 Å². The molecule has 102 valence electrons. The first kappa shape index (κ1) is 14.4. The van der Waals surface area contributed by atoms with Gasteiger partial charge in [-0.15, -0.1) is 0 Å². The van der Waals surface area contributed by atoms with Crippen molar-refractivity contribution in [2.24, 2.45) is 5.73 Å². The molecule has 3 N–H and O–H groups in total. The molecule has 0 aliphatic heterocycles. The highest BCUT2D eigenvalue weighted by molar-refractivity contribution is 6.42. The molecule has 0 bridgehead atoms. The van der Waals surface area contributed by atoms with Crippen LogP contribution >= 0.6 is 23.2 Å².